The van der Waals surface area contributed by atoms with Gasteiger partial charge in [-0.3, -0.25) is 9.59 Å². The number of imidazole rings is 1. The van der Waals surface area contributed by atoms with Crippen molar-refractivity contribution in [3.8, 4) is 11.5 Å². The fourth-order valence-corrected chi connectivity index (χ4v) is 4.94. The van der Waals surface area contributed by atoms with Crippen molar-refractivity contribution in [2.45, 2.75) is 17.8 Å². The molecule has 0 bridgehead atoms. The van der Waals surface area contributed by atoms with Crippen LogP contribution < -0.4 is 9.47 Å². The summed E-state index contributed by atoms with van der Waals surface area (Å²) in [6.45, 7) is 2.90. The molecule has 1 saturated heterocycles. The van der Waals surface area contributed by atoms with E-state index in [-0.39, 0.29) is 18.4 Å². The van der Waals surface area contributed by atoms with Crippen LogP contribution in [-0.4, -0.2) is 75.8 Å². The predicted molar refractivity (Wildman–Crippen MR) is 128 cm³/mol. The summed E-state index contributed by atoms with van der Waals surface area (Å²) in [5.41, 5.74) is 1.19. The summed E-state index contributed by atoms with van der Waals surface area (Å²) in [6, 6.07) is 17.5. The van der Waals surface area contributed by atoms with Crippen LogP contribution in [0.5, 0.6) is 11.5 Å². The third-order valence-corrected chi connectivity index (χ3v) is 6.92. The molecule has 2 aromatic carbocycles. The highest BCUT2D eigenvalue weighted by Gasteiger charge is 2.33. The van der Waals surface area contributed by atoms with Crippen LogP contribution in [0.3, 0.4) is 0 Å². The third kappa shape index (κ3) is 5.04. The van der Waals surface area contributed by atoms with Crippen molar-refractivity contribution in [2.75, 3.05) is 38.5 Å². The van der Waals surface area contributed by atoms with Crippen molar-refractivity contribution in [2.24, 2.45) is 0 Å². The molecule has 1 fully saturated rings. The first-order chi connectivity index (χ1) is 16.7. The molecule has 2 aliphatic rings. The Labute approximate surface area is 202 Å². The van der Waals surface area contributed by atoms with E-state index in [2.05, 4.69) is 17.1 Å². The van der Waals surface area contributed by atoms with Gasteiger partial charge in [0.15, 0.2) is 16.7 Å². The number of fused-ring (bicyclic) bond motifs is 1. The van der Waals surface area contributed by atoms with Gasteiger partial charge in [0.25, 0.3) is 5.91 Å². The van der Waals surface area contributed by atoms with E-state index < -0.39 is 6.10 Å². The van der Waals surface area contributed by atoms with Gasteiger partial charge in [0.05, 0.1) is 5.75 Å². The Hall–Kier alpha value is -3.46. The number of piperazine rings is 1. The summed E-state index contributed by atoms with van der Waals surface area (Å²) in [5, 5.41) is 0.820. The summed E-state index contributed by atoms with van der Waals surface area (Å²) in [7, 11) is 0. The monoisotopic (exact) mass is 478 g/mol. The average molecular weight is 479 g/mol. The highest BCUT2D eigenvalue weighted by atomic mass is 32.2. The number of rotatable bonds is 6. The number of benzene rings is 2. The van der Waals surface area contributed by atoms with Crippen molar-refractivity contribution in [1.82, 2.24) is 19.4 Å². The minimum Gasteiger partial charge on any atom is -0.485 e. The van der Waals surface area contributed by atoms with Gasteiger partial charge in [-0.05, 0) is 17.7 Å². The van der Waals surface area contributed by atoms with E-state index in [0.29, 0.717) is 43.4 Å². The molecule has 3 aromatic rings. The van der Waals surface area contributed by atoms with Crippen molar-refractivity contribution in [3.63, 3.8) is 0 Å². The van der Waals surface area contributed by atoms with Crippen LogP contribution in [0.2, 0.25) is 0 Å². The lowest BCUT2D eigenvalue weighted by molar-refractivity contribution is -0.145. The van der Waals surface area contributed by atoms with Crippen LogP contribution >= 0.6 is 11.8 Å². The zero-order valence-electron chi connectivity index (χ0n) is 18.7. The second kappa shape index (κ2) is 10.2. The maximum absolute atomic E-state index is 12.9. The zero-order chi connectivity index (χ0) is 23.3. The Morgan fingerprint density at radius 3 is 2.44 bits per heavy atom. The third-order valence-electron chi connectivity index (χ3n) is 5.93. The Kier molecular flexibility index (Phi) is 6.71. The Balaban J connectivity index is 1.10. The molecule has 3 heterocycles. The summed E-state index contributed by atoms with van der Waals surface area (Å²) < 4.78 is 13.6. The fourth-order valence-electron chi connectivity index (χ4n) is 4.07. The number of carbonyl (C=O) groups is 2. The molecule has 8 nitrogen and oxygen atoms in total. The maximum Gasteiger partial charge on any atom is 0.267 e. The maximum atomic E-state index is 12.9. The minimum atomic E-state index is -0.656. The molecule has 1 aromatic heterocycles. The topological polar surface area (TPSA) is 76.9 Å². The van der Waals surface area contributed by atoms with Crippen LogP contribution in [0.15, 0.2) is 72.1 Å². The molecule has 0 saturated carbocycles. The lowest BCUT2D eigenvalue weighted by Gasteiger charge is -2.37. The summed E-state index contributed by atoms with van der Waals surface area (Å²) in [4.78, 5) is 33.7. The molecule has 5 rings (SSSR count). The Bertz CT molecular complexity index is 1140. The first-order valence-corrected chi connectivity index (χ1v) is 12.3. The van der Waals surface area contributed by atoms with Crippen LogP contribution in [0.4, 0.5) is 0 Å². The van der Waals surface area contributed by atoms with E-state index in [4.69, 9.17) is 9.47 Å². The summed E-state index contributed by atoms with van der Waals surface area (Å²) in [5.74, 6) is 1.51. The molecule has 1 unspecified atom stereocenters. The van der Waals surface area contributed by atoms with Gasteiger partial charge < -0.3 is 23.8 Å². The number of aromatic nitrogens is 2. The molecule has 0 radical (unpaired) electrons. The largest absolute Gasteiger partial charge is 0.485 e. The smallest absolute Gasteiger partial charge is 0.267 e. The number of amides is 2. The molecule has 2 amide bonds. The molecule has 0 spiro atoms. The molecule has 9 heteroatoms. The quantitative estimate of drug-likeness (QED) is 0.507. The minimum absolute atomic E-state index is 0.0533. The predicted octanol–water partition coefficient (Wildman–Crippen LogP) is 2.53. The second-order valence-electron chi connectivity index (χ2n) is 8.18. The van der Waals surface area contributed by atoms with E-state index >= 15 is 0 Å². The molecular formula is C25H26N4O4S. The SMILES string of the molecule is O=C(CSc1nccn1Cc1ccccc1)N1CCN(C(=O)C2COc3ccccc3O2)CC1. The number of thioether (sulfide) groups is 1. The van der Waals surface area contributed by atoms with Gasteiger partial charge in [0.2, 0.25) is 12.0 Å². The first-order valence-electron chi connectivity index (χ1n) is 11.3. The molecule has 2 aliphatic heterocycles. The van der Waals surface area contributed by atoms with E-state index in [9.17, 15) is 9.59 Å². The van der Waals surface area contributed by atoms with Crippen LogP contribution in [0, 0.1) is 0 Å². The summed E-state index contributed by atoms with van der Waals surface area (Å²) in [6.07, 6.45) is 3.03. The number of carbonyl (C=O) groups excluding carboxylic acids is 2. The number of ether oxygens (including phenoxy) is 2. The average Bonchev–Trinajstić information content (AvgIpc) is 3.34. The first kappa shape index (κ1) is 22.3. The molecular weight excluding hydrogens is 452 g/mol. The van der Waals surface area contributed by atoms with E-state index in [1.165, 1.54) is 17.3 Å². The zero-order valence-corrected chi connectivity index (χ0v) is 19.5. The number of hydrogen-bond donors (Lipinski definition) is 0. The van der Waals surface area contributed by atoms with Gasteiger partial charge in [-0.15, -0.1) is 0 Å². The molecule has 176 valence electrons. The molecule has 0 aliphatic carbocycles. The molecule has 34 heavy (non-hydrogen) atoms. The normalized spacial score (nSPS) is 17.5. The van der Waals surface area contributed by atoms with Crippen LogP contribution in [0.25, 0.3) is 0 Å². The van der Waals surface area contributed by atoms with Crippen molar-refractivity contribution >= 4 is 23.6 Å². The highest BCUT2D eigenvalue weighted by Crippen LogP contribution is 2.31. The lowest BCUT2D eigenvalue weighted by Crippen LogP contribution is -2.55. The Morgan fingerprint density at radius 1 is 0.941 bits per heavy atom. The second-order valence-corrected chi connectivity index (χ2v) is 9.12. The highest BCUT2D eigenvalue weighted by molar-refractivity contribution is 7.99. The number of hydrogen-bond acceptors (Lipinski definition) is 6. The van der Waals surface area contributed by atoms with E-state index in [1.54, 1.807) is 17.2 Å². The number of para-hydroxylation sites is 2. The van der Waals surface area contributed by atoms with Crippen LogP contribution in [-0.2, 0) is 16.1 Å². The van der Waals surface area contributed by atoms with Crippen molar-refractivity contribution in [3.05, 3.63) is 72.6 Å². The van der Waals surface area contributed by atoms with Crippen LogP contribution in [0.1, 0.15) is 5.56 Å². The van der Waals surface area contributed by atoms with Gasteiger partial charge in [0.1, 0.15) is 6.61 Å². The Morgan fingerprint density at radius 2 is 1.65 bits per heavy atom. The van der Waals surface area contributed by atoms with Crippen molar-refractivity contribution in [1.29, 1.82) is 0 Å². The number of nitrogens with zero attached hydrogens (tertiary/aromatic N) is 4. The fraction of sp³-hybridized carbons (Fsp3) is 0.320. The van der Waals surface area contributed by atoms with Gasteiger partial charge in [-0.2, -0.15) is 0 Å². The molecule has 1 atom stereocenters. The standard InChI is InChI=1S/C25H26N4O4S/c30-23(18-34-25-26-10-11-29(25)16-19-6-2-1-3-7-19)27-12-14-28(15-13-27)24(31)22-17-32-20-8-4-5-9-21(20)33-22/h1-11,22H,12-18H2. The van der Waals surface area contributed by atoms with Gasteiger partial charge in [-0.1, -0.05) is 54.2 Å². The van der Waals surface area contributed by atoms with Gasteiger partial charge in [-0.25, -0.2) is 4.98 Å². The van der Waals surface area contributed by atoms with Gasteiger partial charge >= 0.3 is 0 Å². The lowest BCUT2D eigenvalue weighted by atomic mass is 10.2. The van der Waals surface area contributed by atoms with E-state index in [0.717, 1.165) is 11.7 Å². The van der Waals surface area contributed by atoms with Crippen molar-refractivity contribution < 1.29 is 19.1 Å². The molecule has 0 N–H and O–H groups in total. The summed E-state index contributed by atoms with van der Waals surface area (Å²) >= 11 is 1.44. The van der Waals surface area contributed by atoms with Gasteiger partial charge in [0, 0.05) is 45.1 Å². The van der Waals surface area contributed by atoms with E-state index in [1.807, 2.05) is 52.1 Å².